The predicted molar refractivity (Wildman–Crippen MR) is 114 cm³/mol. The number of rotatable bonds is 9. The van der Waals surface area contributed by atoms with Gasteiger partial charge in [0, 0.05) is 31.1 Å². The summed E-state index contributed by atoms with van der Waals surface area (Å²) in [5, 5.41) is 10.2. The van der Waals surface area contributed by atoms with Gasteiger partial charge < -0.3 is 14.7 Å². The minimum Gasteiger partial charge on any atom is -0.497 e. The largest absolute Gasteiger partial charge is 0.497 e. The Kier molecular flexibility index (Phi) is 6.52. The van der Waals surface area contributed by atoms with Crippen LogP contribution in [0.25, 0.3) is 10.9 Å². The number of pyridine rings is 1. The van der Waals surface area contributed by atoms with E-state index < -0.39 is 12.1 Å². The van der Waals surface area contributed by atoms with E-state index in [1.807, 2.05) is 18.2 Å². The van der Waals surface area contributed by atoms with Crippen LogP contribution in [0.5, 0.6) is 5.75 Å². The third-order valence-corrected chi connectivity index (χ3v) is 6.74. The molecule has 0 radical (unpaired) electrons. The minimum atomic E-state index is -1.10. The van der Waals surface area contributed by atoms with Gasteiger partial charge in [-0.2, -0.15) is 0 Å². The number of alkyl halides is 1. The molecule has 30 heavy (non-hydrogen) atoms. The zero-order valence-corrected chi connectivity index (χ0v) is 17.6. The summed E-state index contributed by atoms with van der Waals surface area (Å²) in [6.45, 7) is 2.93. The maximum absolute atomic E-state index is 15.3. The number of halogens is 1. The molecule has 2 aliphatic rings. The van der Waals surface area contributed by atoms with Crippen molar-refractivity contribution in [3.63, 3.8) is 0 Å². The molecular weight excluding hydrogens is 383 g/mol. The third kappa shape index (κ3) is 5.09. The molecule has 2 fully saturated rings. The van der Waals surface area contributed by atoms with Crippen molar-refractivity contribution in [1.82, 2.24) is 9.88 Å². The Bertz CT molecular complexity index is 886. The lowest BCUT2D eigenvalue weighted by atomic mass is 9.79. The molecule has 2 heterocycles. The molecule has 1 aliphatic heterocycles. The van der Waals surface area contributed by atoms with Crippen LogP contribution in [0.4, 0.5) is 4.39 Å². The summed E-state index contributed by atoms with van der Waals surface area (Å²) in [5.41, 5.74) is 1.40. The number of ether oxygens (including phenoxy) is 1. The van der Waals surface area contributed by atoms with E-state index in [0.29, 0.717) is 24.2 Å². The van der Waals surface area contributed by atoms with Gasteiger partial charge in [0.1, 0.15) is 11.9 Å². The molecule has 0 unspecified atom stereocenters. The maximum Gasteiger partial charge on any atom is 0.303 e. The van der Waals surface area contributed by atoms with Gasteiger partial charge in [-0.3, -0.25) is 9.78 Å². The molecule has 1 saturated heterocycles. The first-order valence-corrected chi connectivity index (χ1v) is 11.0. The molecule has 0 spiro atoms. The fourth-order valence-electron chi connectivity index (χ4n) is 4.89. The Morgan fingerprint density at radius 3 is 2.87 bits per heavy atom. The van der Waals surface area contributed by atoms with E-state index in [4.69, 9.17) is 4.74 Å². The van der Waals surface area contributed by atoms with Crippen LogP contribution in [0, 0.1) is 17.8 Å². The number of aromatic nitrogens is 1. The Morgan fingerprint density at radius 2 is 2.13 bits per heavy atom. The molecule has 1 saturated carbocycles. The first kappa shape index (κ1) is 21.0. The standard InChI is InChI=1S/C24H31FN2O3/c1-30-19-5-7-23-21(13-19)20(8-10-26-23)22(25)6-4-17-9-11-27(14-16-2-3-16)15-18(17)12-24(28)29/h5,7-8,10,13,16-18,22H,2-4,6,9,11-12,14-15H2,1H3,(H,28,29)/t17-,18+,22-/m1/s1. The summed E-state index contributed by atoms with van der Waals surface area (Å²) in [6.07, 6.45) is 5.41. The van der Waals surface area contributed by atoms with Crippen molar-refractivity contribution in [2.24, 2.45) is 17.8 Å². The summed E-state index contributed by atoms with van der Waals surface area (Å²) in [4.78, 5) is 18.2. The van der Waals surface area contributed by atoms with E-state index in [-0.39, 0.29) is 18.3 Å². The molecule has 162 valence electrons. The van der Waals surface area contributed by atoms with Crippen LogP contribution in [0.2, 0.25) is 0 Å². The third-order valence-electron chi connectivity index (χ3n) is 6.74. The van der Waals surface area contributed by atoms with Crippen molar-refractivity contribution in [2.45, 2.75) is 44.7 Å². The average Bonchev–Trinajstić information content (AvgIpc) is 3.55. The van der Waals surface area contributed by atoms with Gasteiger partial charge in [0.05, 0.1) is 12.6 Å². The molecule has 3 atom stereocenters. The number of nitrogens with zero attached hydrogens (tertiary/aromatic N) is 2. The number of fused-ring (bicyclic) bond motifs is 1. The Labute approximate surface area is 177 Å². The second kappa shape index (κ2) is 9.29. The summed E-state index contributed by atoms with van der Waals surface area (Å²) in [7, 11) is 1.60. The fourth-order valence-corrected chi connectivity index (χ4v) is 4.89. The molecule has 1 aliphatic carbocycles. The van der Waals surface area contributed by atoms with Gasteiger partial charge in [-0.15, -0.1) is 0 Å². The van der Waals surface area contributed by atoms with E-state index in [2.05, 4.69) is 9.88 Å². The van der Waals surface area contributed by atoms with Crippen molar-refractivity contribution >= 4 is 16.9 Å². The molecule has 5 nitrogen and oxygen atoms in total. The molecular formula is C24H31FN2O3. The van der Waals surface area contributed by atoms with Crippen LogP contribution in [-0.2, 0) is 4.79 Å². The van der Waals surface area contributed by atoms with Crippen LogP contribution < -0.4 is 4.74 Å². The first-order chi connectivity index (χ1) is 14.5. The molecule has 4 rings (SSSR count). The smallest absolute Gasteiger partial charge is 0.303 e. The number of benzene rings is 1. The summed E-state index contributed by atoms with van der Waals surface area (Å²) >= 11 is 0. The summed E-state index contributed by atoms with van der Waals surface area (Å²) in [6, 6.07) is 7.27. The van der Waals surface area contributed by atoms with E-state index in [1.54, 1.807) is 19.4 Å². The topological polar surface area (TPSA) is 62.7 Å². The SMILES string of the molecule is COc1ccc2nccc([C@H](F)CC[C@@H]3CCN(CC4CC4)C[C@@H]3CC(=O)O)c2c1. The fraction of sp³-hybridized carbons (Fsp3) is 0.583. The van der Waals surface area contributed by atoms with Crippen molar-refractivity contribution in [1.29, 1.82) is 0 Å². The van der Waals surface area contributed by atoms with Gasteiger partial charge in [-0.1, -0.05) is 0 Å². The normalized spacial score (nSPS) is 23.4. The van der Waals surface area contributed by atoms with Gasteiger partial charge in [0.2, 0.25) is 0 Å². The number of likely N-dealkylation sites (tertiary alicyclic amines) is 1. The zero-order chi connectivity index (χ0) is 21.1. The lowest BCUT2D eigenvalue weighted by Crippen LogP contribution is -2.42. The van der Waals surface area contributed by atoms with Crippen molar-refractivity contribution < 1.29 is 19.0 Å². The number of hydrogen-bond acceptors (Lipinski definition) is 4. The van der Waals surface area contributed by atoms with E-state index >= 15 is 4.39 Å². The predicted octanol–water partition coefficient (Wildman–Crippen LogP) is 4.86. The molecule has 2 aromatic rings. The van der Waals surface area contributed by atoms with Crippen molar-refractivity contribution in [2.75, 3.05) is 26.7 Å². The number of hydrogen-bond donors (Lipinski definition) is 1. The Balaban J connectivity index is 1.42. The van der Waals surface area contributed by atoms with Crippen molar-refractivity contribution in [3.8, 4) is 5.75 Å². The van der Waals surface area contributed by atoms with E-state index in [1.165, 1.54) is 12.8 Å². The first-order valence-electron chi connectivity index (χ1n) is 11.0. The quantitative estimate of drug-likeness (QED) is 0.635. The van der Waals surface area contributed by atoms with Crippen LogP contribution in [0.3, 0.4) is 0 Å². The highest BCUT2D eigenvalue weighted by atomic mass is 19.1. The van der Waals surface area contributed by atoms with E-state index in [0.717, 1.165) is 42.9 Å². The summed E-state index contributed by atoms with van der Waals surface area (Å²) in [5.74, 6) is 1.11. The molecule has 0 bridgehead atoms. The second-order valence-corrected chi connectivity index (χ2v) is 8.94. The maximum atomic E-state index is 15.3. The minimum absolute atomic E-state index is 0.108. The summed E-state index contributed by atoms with van der Waals surface area (Å²) < 4.78 is 20.6. The monoisotopic (exact) mass is 414 g/mol. The van der Waals surface area contributed by atoms with Gasteiger partial charge in [0.15, 0.2) is 0 Å². The molecule has 0 amide bonds. The number of carboxylic acid groups (broad SMARTS) is 1. The van der Waals surface area contributed by atoms with Crippen LogP contribution in [-0.4, -0.2) is 47.7 Å². The number of piperidine rings is 1. The van der Waals surface area contributed by atoms with Gasteiger partial charge in [0.25, 0.3) is 0 Å². The highest BCUT2D eigenvalue weighted by molar-refractivity contribution is 5.83. The number of aliphatic carboxylic acids is 1. The molecule has 6 heteroatoms. The molecule has 1 aromatic heterocycles. The number of carbonyl (C=O) groups is 1. The van der Waals surface area contributed by atoms with Gasteiger partial charge in [-0.05, 0) is 86.2 Å². The zero-order valence-electron chi connectivity index (χ0n) is 17.6. The van der Waals surface area contributed by atoms with E-state index in [9.17, 15) is 9.90 Å². The number of carboxylic acids is 1. The Hall–Kier alpha value is -2.21. The average molecular weight is 415 g/mol. The second-order valence-electron chi connectivity index (χ2n) is 8.94. The number of methoxy groups -OCH3 is 1. The lowest BCUT2D eigenvalue weighted by Gasteiger charge is -2.38. The van der Waals surface area contributed by atoms with Gasteiger partial charge in [-0.25, -0.2) is 4.39 Å². The van der Waals surface area contributed by atoms with Gasteiger partial charge >= 0.3 is 5.97 Å². The molecule has 1 N–H and O–H groups in total. The molecule has 1 aromatic carbocycles. The highest BCUT2D eigenvalue weighted by Crippen LogP contribution is 2.37. The lowest BCUT2D eigenvalue weighted by molar-refractivity contribution is -0.139. The van der Waals surface area contributed by atoms with Crippen LogP contribution in [0.15, 0.2) is 30.5 Å². The van der Waals surface area contributed by atoms with Crippen LogP contribution >= 0.6 is 0 Å². The highest BCUT2D eigenvalue weighted by Gasteiger charge is 2.34. The Morgan fingerprint density at radius 1 is 1.30 bits per heavy atom. The van der Waals surface area contributed by atoms with Crippen LogP contribution in [0.1, 0.15) is 50.3 Å². The van der Waals surface area contributed by atoms with Crippen molar-refractivity contribution in [3.05, 3.63) is 36.0 Å².